The quantitative estimate of drug-likeness (QED) is 0.745. The maximum absolute atomic E-state index is 12.7. The van der Waals surface area contributed by atoms with Crippen molar-refractivity contribution in [2.45, 2.75) is 19.5 Å². The summed E-state index contributed by atoms with van der Waals surface area (Å²) in [6.45, 7) is 3.40. The maximum atomic E-state index is 12.7. The largest absolute Gasteiger partial charge is 0.343 e. The van der Waals surface area contributed by atoms with Crippen LogP contribution in [0.4, 0.5) is 0 Å². The minimum atomic E-state index is 0.0307. The normalized spacial score (nSPS) is 12.7. The Labute approximate surface area is 150 Å². The van der Waals surface area contributed by atoms with Crippen molar-refractivity contribution >= 4 is 34.1 Å². The molecule has 6 heteroatoms. The van der Waals surface area contributed by atoms with Crippen LogP contribution in [0.2, 0.25) is 10.0 Å². The van der Waals surface area contributed by atoms with Gasteiger partial charge in [-0.05, 0) is 43.8 Å². The van der Waals surface area contributed by atoms with Crippen LogP contribution in [0.5, 0.6) is 0 Å². The summed E-state index contributed by atoms with van der Waals surface area (Å²) in [5, 5.41) is 4.90. The molecule has 0 bridgehead atoms. The van der Waals surface area contributed by atoms with E-state index in [1.165, 1.54) is 0 Å². The summed E-state index contributed by atoms with van der Waals surface area (Å²) in [6, 6.07) is 9.54. The monoisotopic (exact) mass is 363 g/mol. The van der Waals surface area contributed by atoms with Crippen molar-refractivity contribution in [2.24, 2.45) is 0 Å². The molecule has 3 rings (SSSR count). The third-order valence-electron chi connectivity index (χ3n) is 4.18. The second-order valence-corrected chi connectivity index (χ2v) is 6.74. The third-order valence-corrected chi connectivity index (χ3v) is 4.91. The van der Waals surface area contributed by atoms with Crippen molar-refractivity contribution in [1.29, 1.82) is 0 Å². The number of hydrogen-bond donors (Lipinski definition) is 1. The van der Waals surface area contributed by atoms with Gasteiger partial charge in [0.25, 0.3) is 5.56 Å². The molecule has 2 aromatic heterocycles. The van der Waals surface area contributed by atoms with Crippen molar-refractivity contribution in [3.8, 4) is 0 Å². The minimum absolute atomic E-state index is 0.0307. The van der Waals surface area contributed by atoms with Gasteiger partial charge in [0.1, 0.15) is 0 Å². The summed E-state index contributed by atoms with van der Waals surface area (Å²) in [5.74, 6) is 0. The van der Waals surface area contributed by atoms with Gasteiger partial charge in [0.05, 0.1) is 20.9 Å². The Bertz CT molecular complexity index is 930. The SMILES string of the molecule is CNC[C@@H](C)n1ccc2c(ccn2Cc2ccc(Cl)c(Cl)c2)c1=O. The summed E-state index contributed by atoms with van der Waals surface area (Å²) in [5.41, 5.74) is 1.98. The number of nitrogens with zero attached hydrogens (tertiary/aromatic N) is 2. The van der Waals surface area contributed by atoms with E-state index >= 15 is 0 Å². The van der Waals surface area contributed by atoms with Gasteiger partial charge >= 0.3 is 0 Å². The van der Waals surface area contributed by atoms with Gasteiger partial charge in [0, 0.05) is 31.5 Å². The van der Waals surface area contributed by atoms with Crippen molar-refractivity contribution in [3.05, 3.63) is 68.7 Å². The predicted molar refractivity (Wildman–Crippen MR) is 100 cm³/mol. The molecule has 0 aliphatic heterocycles. The Morgan fingerprint density at radius 2 is 1.92 bits per heavy atom. The van der Waals surface area contributed by atoms with E-state index < -0.39 is 0 Å². The molecule has 0 unspecified atom stereocenters. The second-order valence-electron chi connectivity index (χ2n) is 5.93. The number of pyridine rings is 1. The highest BCUT2D eigenvalue weighted by molar-refractivity contribution is 6.42. The lowest BCUT2D eigenvalue weighted by molar-refractivity contribution is 0.506. The van der Waals surface area contributed by atoms with E-state index in [-0.39, 0.29) is 11.6 Å². The molecule has 0 saturated heterocycles. The summed E-state index contributed by atoms with van der Waals surface area (Å²) in [4.78, 5) is 12.7. The zero-order chi connectivity index (χ0) is 17.3. The number of rotatable bonds is 5. The Kier molecular flexibility index (Phi) is 4.99. The summed E-state index contributed by atoms with van der Waals surface area (Å²) in [6.07, 6.45) is 3.79. The van der Waals surface area contributed by atoms with E-state index in [1.54, 1.807) is 10.6 Å². The first-order chi connectivity index (χ1) is 11.5. The molecule has 0 radical (unpaired) electrons. The Morgan fingerprint density at radius 1 is 1.12 bits per heavy atom. The smallest absolute Gasteiger partial charge is 0.260 e. The zero-order valence-electron chi connectivity index (χ0n) is 13.6. The second kappa shape index (κ2) is 7.01. The fourth-order valence-corrected chi connectivity index (χ4v) is 3.24. The van der Waals surface area contributed by atoms with Crippen molar-refractivity contribution in [3.63, 3.8) is 0 Å². The fourth-order valence-electron chi connectivity index (χ4n) is 2.92. The highest BCUT2D eigenvalue weighted by atomic mass is 35.5. The molecule has 0 aliphatic rings. The number of aromatic nitrogens is 2. The molecule has 3 aromatic rings. The van der Waals surface area contributed by atoms with E-state index in [2.05, 4.69) is 5.32 Å². The zero-order valence-corrected chi connectivity index (χ0v) is 15.1. The van der Waals surface area contributed by atoms with Gasteiger partial charge in [-0.1, -0.05) is 29.3 Å². The van der Waals surface area contributed by atoms with Crippen LogP contribution in [0.15, 0.2) is 47.5 Å². The van der Waals surface area contributed by atoms with Gasteiger partial charge in [0.15, 0.2) is 0 Å². The van der Waals surface area contributed by atoms with E-state index in [4.69, 9.17) is 23.2 Å². The molecule has 0 amide bonds. The molecule has 4 nitrogen and oxygen atoms in total. The van der Waals surface area contributed by atoms with Gasteiger partial charge in [-0.3, -0.25) is 4.79 Å². The number of likely N-dealkylation sites (N-methyl/N-ethyl adjacent to an activating group) is 1. The van der Waals surface area contributed by atoms with Gasteiger partial charge < -0.3 is 14.5 Å². The van der Waals surface area contributed by atoms with Gasteiger partial charge in [0.2, 0.25) is 0 Å². The first-order valence-electron chi connectivity index (χ1n) is 7.79. The molecule has 1 atom stereocenters. The van der Waals surface area contributed by atoms with Crippen LogP contribution < -0.4 is 10.9 Å². The standard InChI is InChI=1S/C18H19Cl2N3O/c1-12(10-21-2)23-8-6-17-14(18(23)24)5-7-22(17)11-13-3-4-15(19)16(20)9-13/h3-9,12,21H,10-11H2,1-2H3/t12-/m1/s1. The number of hydrogen-bond acceptors (Lipinski definition) is 2. The van der Waals surface area contributed by atoms with Crippen LogP contribution in [0.3, 0.4) is 0 Å². The first-order valence-corrected chi connectivity index (χ1v) is 8.55. The molecular formula is C18H19Cl2N3O. The van der Waals surface area contributed by atoms with Crippen LogP contribution in [0.25, 0.3) is 10.9 Å². The van der Waals surface area contributed by atoms with E-state index in [1.807, 2.05) is 55.2 Å². The molecular weight excluding hydrogens is 345 g/mol. The highest BCUT2D eigenvalue weighted by Gasteiger charge is 2.11. The number of benzene rings is 1. The maximum Gasteiger partial charge on any atom is 0.260 e. The molecule has 24 heavy (non-hydrogen) atoms. The lowest BCUT2D eigenvalue weighted by Crippen LogP contribution is -2.28. The lowest BCUT2D eigenvalue weighted by Gasteiger charge is -2.15. The van der Waals surface area contributed by atoms with Crippen molar-refractivity contribution in [1.82, 2.24) is 14.5 Å². The molecule has 2 heterocycles. The number of fused-ring (bicyclic) bond motifs is 1. The van der Waals surface area contributed by atoms with Crippen LogP contribution in [0, 0.1) is 0 Å². The van der Waals surface area contributed by atoms with Crippen LogP contribution in [0.1, 0.15) is 18.5 Å². The molecule has 126 valence electrons. The third kappa shape index (κ3) is 3.22. The van der Waals surface area contributed by atoms with Gasteiger partial charge in [-0.25, -0.2) is 0 Å². The molecule has 0 saturated carbocycles. The number of nitrogens with one attached hydrogen (secondary N) is 1. The lowest BCUT2D eigenvalue weighted by atomic mass is 10.2. The van der Waals surface area contributed by atoms with E-state index in [0.29, 0.717) is 16.6 Å². The van der Waals surface area contributed by atoms with Gasteiger partial charge in [-0.2, -0.15) is 0 Å². The molecule has 0 spiro atoms. The average Bonchev–Trinajstić information content (AvgIpc) is 2.95. The summed E-state index contributed by atoms with van der Waals surface area (Å²) < 4.78 is 3.81. The first kappa shape index (κ1) is 17.1. The summed E-state index contributed by atoms with van der Waals surface area (Å²) >= 11 is 12.0. The topological polar surface area (TPSA) is 39.0 Å². The highest BCUT2D eigenvalue weighted by Crippen LogP contribution is 2.24. The molecule has 0 fully saturated rings. The summed E-state index contributed by atoms with van der Waals surface area (Å²) in [7, 11) is 1.88. The van der Waals surface area contributed by atoms with Crippen LogP contribution in [-0.4, -0.2) is 22.7 Å². The Balaban J connectivity index is 1.97. The molecule has 1 N–H and O–H groups in total. The Morgan fingerprint density at radius 3 is 2.62 bits per heavy atom. The Hall–Kier alpha value is -1.75. The minimum Gasteiger partial charge on any atom is -0.343 e. The van der Waals surface area contributed by atoms with Gasteiger partial charge in [-0.15, -0.1) is 0 Å². The van der Waals surface area contributed by atoms with Crippen LogP contribution >= 0.6 is 23.2 Å². The fraction of sp³-hybridized carbons (Fsp3) is 0.278. The number of halogens is 2. The van der Waals surface area contributed by atoms with E-state index in [9.17, 15) is 4.79 Å². The van der Waals surface area contributed by atoms with Crippen molar-refractivity contribution < 1.29 is 0 Å². The predicted octanol–water partition coefficient (Wildman–Crippen LogP) is 3.94. The van der Waals surface area contributed by atoms with Crippen LogP contribution in [-0.2, 0) is 6.54 Å². The molecule has 0 aliphatic carbocycles. The van der Waals surface area contributed by atoms with Crippen molar-refractivity contribution in [2.75, 3.05) is 13.6 Å². The van der Waals surface area contributed by atoms with E-state index in [0.717, 1.165) is 23.0 Å². The molecule has 1 aromatic carbocycles. The average molecular weight is 364 g/mol.